The molecule has 0 saturated heterocycles. The molecule has 1 aromatic rings. The Labute approximate surface area is 117 Å². The minimum Gasteiger partial charge on any atom is -0.366 e. The molecule has 0 amide bonds. The normalized spacial score (nSPS) is 12.2. The first-order valence-electron chi connectivity index (χ1n) is 6.46. The Kier molecular flexibility index (Phi) is 6.97. The van der Waals surface area contributed by atoms with Crippen LogP contribution >= 0.6 is 15.9 Å². The van der Waals surface area contributed by atoms with E-state index in [1.807, 2.05) is 0 Å². The zero-order valence-electron chi connectivity index (χ0n) is 11.0. The maximum atomic E-state index is 5.39. The van der Waals surface area contributed by atoms with Crippen LogP contribution in [0.4, 0.5) is 11.6 Å². The highest BCUT2D eigenvalue weighted by Gasteiger charge is 2.12. The van der Waals surface area contributed by atoms with Gasteiger partial charge in [0.1, 0.15) is 16.6 Å². The van der Waals surface area contributed by atoms with Crippen LogP contribution < -0.4 is 16.6 Å². The van der Waals surface area contributed by atoms with Crippen molar-refractivity contribution in [2.45, 2.75) is 52.0 Å². The van der Waals surface area contributed by atoms with Crippen molar-refractivity contribution >= 4 is 27.6 Å². The molecule has 1 atom stereocenters. The predicted molar refractivity (Wildman–Crippen MR) is 79.4 cm³/mol. The minimum absolute atomic E-state index is 0.451. The number of nitrogens with zero attached hydrogens (tertiary/aromatic N) is 2. The maximum Gasteiger partial charge on any atom is 0.159 e. The number of rotatable bonds is 8. The van der Waals surface area contributed by atoms with Crippen LogP contribution in [0, 0.1) is 0 Å². The van der Waals surface area contributed by atoms with E-state index in [2.05, 4.69) is 50.5 Å². The van der Waals surface area contributed by atoms with Gasteiger partial charge in [0, 0.05) is 6.04 Å². The van der Waals surface area contributed by atoms with Crippen LogP contribution in [0.5, 0.6) is 0 Å². The van der Waals surface area contributed by atoms with E-state index >= 15 is 0 Å². The van der Waals surface area contributed by atoms with Crippen molar-refractivity contribution in [1.82, 2.24) is 9.97 Å². The summed E-state index contributed by atoms with van der Waals surface area (Å²) < 4.78 is 0.783. The van der Waals surface area contributed by atoms with E-state index < -0.39 is 0 Å². The van der Waals surface area contributed by atoms with Crippen LogP contribution in [0.2, 0.25) is 0 Å². The molecular formula is C12H22BrN5. The van der Waals surface area contributed by atoms with E-state index in [0.717, 1.165) is 29.6 Å². The molecule has 1 aromatic heterocycles. The van der Waals surface area contributed by atoms with E-state index in [-0.39, 0.29) is 0 Å². The van der Waals surface area contributed by atoms with Crippen molar-refractivity contribution in [3.8, 4) is 0 Å². The summed E-state index contributed by atoms with van der Waals surface area (Å²) in [7, 11) is 0. The first-order chi connectivity index (χ1) is 8.72. The molecule has 102 valence electrons. The minimum atomic E-state index is 0.451. The number of nitrogens with two attached hydrogens (primary N) is 1. The highest BCUT2D eigenvalue weighted by molar-refractivity contribution is 9.10. The van der Waals surface area contributed by atoms with Crippen molar-refractivity contribution in [1.29, 1.82) is 0 Å². The Hall–Kier alpha value is -0.880. The Bertz CT molecular complexity index is 358. The summed E-state index contributed by atoms with van der Waals surface area (Å²) in [5.74, 6) is 6.79. The SMILES string of the molecule is CCCCC(CCC)Nc1ncnc(NN)c1Br. The van der Waals surface area contributed by atoms with Crippen LogP contribution in [0.1, 0.15) is 46.0 Å². The number of nitrogen functional groups attached to an aromatic ring is 1. The fraction of sp³-hybridized carbons (Fsp3) is 0.667. The number of hydrogen-bond acceptors (Lipinski definition) is 5. The molecule has 0 fully saturated rings. The van der Waals surface area contributed by atoms with E-state index in [1.165, 1.54) is 19.2 Å². The average molecular weight is 316 g/mol. The summed E-state index contributed by atoms with van der Waals surface area (Å²) in [6, 6.07) is 0.451. The quantitative estimate of drug-likeness (QED) is 0.507. The number of halogens is 1. The molecule has 1 rings (SSSR count). The third-order valence-corrected chi connectivity index (χ3v) is 3.56. The molecule has 4 N–H and O–H groups in total. The van der Waals surface area contributed by atoms with Crippen molar-refractivity contribution in [3.05, 3.63) is 10.8 Å². The lowest BCUT2D eigenvalue weighted by Gasteiger charge is -2.19. The van der Waals surface area contributed by atoms with Crippen LogP contribution in [0.3, 0.4) is 0 Å². The van der Waals surface area contributed by atoms with Gasteiger partial charge >= 0.3 is 0 Å². The largest absolute Gasteiger partial charge is 0.366 e. The maximum absolute atomic E-state index is 5.39. The average Bonchev–Trinajstić information content (AvgIpc) is 2.38. The van der Waals surface area contributed by atoms with Crippen molar-refractivity contribution in [2.24, 2.45) is 5.84 Å². The van der Waals surface area contributed by atoms with E-state index in [4.69, 9.17) is 5.84 Å². The fourth-order valence-electron chi connectivity index (χ4n) is 1.85. The van der Waals surface area contributed by atoms with Gasteiger partial charge in [-0.3, -0.25) is 0 Å². The number of aromatic nitrogens is 2. The summed E-state index contributed by atoms with van der Waals surface area (Å²) in [4.78, 5) is 8.29. The monoisotopic (exact) mass is 315 g/mol. The molecule has 1 heterocycles. The third-order valence-electron chi connectivity index (χ3n) is 2.81. The highest BCUT2D eigenvalue weighted by atomic mass is 79.9. The van der Waals surface area contributed by atoms with Crippen molar-refractivity contribution in [2.75, 3.05) is 10.7 Å². The highest BCUT2D eigenvalue weighted by Crippen LogP contribution is 2.27. The zero-order chi connectivity index (χ0) is 13.4. The van der Waals surface area contributed by atoms with Crippen LogP contribution in [0.25, 0.3) is 0 Å². The van der Waals surface area contributed by atoms with Crippen LogP contribution in [0.15, 0.2) is 10.8 Å². The molecule has 0 saturated carbocycles. The van der Waals surface area contributed by atoms with Gasteiger partial charge in [-0.2, -0.15) is 0 Å². The number of anilines is 2. The third kappa shape index (κ3) is 4.42. The molecule has 0 aliphatic carbocycles. The second-order valence-corrected chi connectivity index (χ2v) is 5.09. The number of hydrogen-bond donors (Lipinski definition) is 3. The van der Waals surface area contributed by atoms with Gasteiger partial charge in [-0.25, -0.2) is 15.8 Å². The van der Waals surface area contributed by atoms with E-state index in [0.29, 0.717) is 11.9 Å². The Morgan fingerprint density at radius 2 is 1.94 bits per heavy atom. The molecule has 6 heteroatoms. The van der Waals surface area contributed by atoms with E-state index in [1.54, 1.807) is 0 Å². The lowest BCUT2D eigenvalue weighted by molar-refractivity contribution is 0.562. The van der Waals surface area contributed by atoms with Gasteiger partial charge in [0.2, 0.25) is 0 Å². The van der Waals surface area contributed by atoms with Crippen molar-refractivity contribution < 1.29 is 0 Å². The smallest absolute Gasteiger partial charge is 0.159 e. The van der Waals surface area contributed by atoms with Gasteiger partial charge in [-0.05, 0) is 28.8 Å². The molecular weight excluding hydrogens is 294 g/mol. The van der Waals surface area contributed by atoms with E-state index in [9.17, 15) is 0 Å². The molecule has 18 heavy (non-hydrogen) atoms. The molecule has 0 aromatic carbocycles. The lowest BCUT2D eigenvalue weighted by Crippen LogP contribution is -2.21. The Morgan fingerprint density at radius 1 is 1.22 bits per heavy atom. The van der Waals surface area contributed by atoms with Gasteiger partial charge in [0.05, 0.1) is 0 Å². The van der Waals surface area contributed by atoms with Gasteiger partial charge in [-0.15, -0.1) is 0 Å². The standard InChI is InChI=1S/C12H22BrN5/c1-3-5-7-9(6-4-2)17-11-10(13)12(18-14)16-8-15-11/h8-9H,3-7,14H2,1-2H3,(H2,15,16,17,18). The first-order valence-corrected chi connectivity index (χ1v) is 7.25. The molecule has 0 aliphatic heterocycles. The first kappa shape index (κ1) is 15.2. The van der Waals surface area contributed by atoms with Gasteiger partial charge in [0.15, 0.2) is 5.82 Å². The second-order valence-electron chi connectivity index (χ2n) is 4.30. The molecule has 0 spiro atoms. The predicted octanol–water partition coefficient (Wildman–Crippen LogP) is 3.30. The van der Waals surface area contributed by atoms with Crippen LogP contribution in [-0.4, -0.2) is 16.0 Å². The zero-order valence-corrected chi connectivity index (χ0v) is 12.6. The van der Waals surface area contributed by atoms with Crippen molar-refractivity contribution in [3.63, 3.8) is 0 Å². The molecule has 0 bridgehead atoms. The Balaban J connectivity index is 2.73. The lowest BCUT2D eigenvalue weighted by atomic mass is 10.1. The summed E-state index contributed by atoms with van der Waals surface area (Å²) in [6.45, 7) is 4.41. The molecule has 0 radical (unpaired) electrons. The molecule has 1 unspecified atom stereocenters. The topological polar surface area (TPSA) is 75.9 Å². The molecule has 0 aliphatic rings. The summed E-state index contributed by atoms with van der Waals surface area (Å²) in [5, 5.41) is 3.46. The summed E-state index contributed by atoms with van der Waals surface area (Å²) >= 11 is 3.46. The number of hydrazine groups is 1. The Morgan fingerprint density at radius 3 is 2.56 bits per heavy atom. The summed E-state index contributed by atoms with van der Waals surface area (Å²) in [5.41, 5.74) is 2.55. The van der Waals surface area contributed by atoms with Gasteiger partial charge < -0.3 is 10.7 Å². The fourth-order valence-corrected chi connectivity index (χ4v) is 2.29. The van der Waals surface area contributed by atoms with Gasteiger partial charge in [-0.1, -0.05) is 33.1 Å². The number of unbranched alkanes of at least 4 members (excludes halogenated alkanes) is 1. The van der Waals surface area contributed by atoms with Crippen LogP contribution in [-0.2, 0) is 0 Å². The van der Waals surface area contributed by atoms with Gasteiger partial charge in [0.25, 0.3) is 0 Å². The number of nitrogens with one attached hydrogen (secondary N) is 2. The molecule has 5 nitrogen and oxygen atoms in total. The second kappa shape index (κ2) is 8.26. The summed E-state index contributed by atoms with van der Waals surface area (Å²) in [6.07, 6.45) is 7.40.